The van der Waals surface area contributed by atoms with Crippen LogP contribution < -0.4 is 10.9 Å². The average Bonchev–Trinajstić information content (AvgIpc) is 2.62. The van der Waals surface area contributed by atoms with Crippen molar-refractivity contribution in [2.45, 2.75) is 33.4 Å². The van der Waals surface area contributed by atoms with Gasteiger partial charge in [-0.1, -0.05) is 0 Å². The SMILES string of the molecule is Cc1sc2nc(CNC(C)CS(C)=O)[nH]c(=O)c2c1C. The van der Waals surface area contributed by atoms with Crippen LogP contribution in [0.4, 0.5) is 0 Å². The van der Waals surface area contributed by atoms with Crippen molar-refractivity contribution in [1.82, 2.24) is 15.3 Å². The number of aromatic nitrogens is 2. The minimum absolute atomic E-state index is 0.0830. The summed E-state index contributed by atoms with van der Waals surface area (Å²) in [5.41, 5.74) is 0.924. The summed E-state index contributed by atoms with van der Waals surface area (Å²) in [6.45, 7) is 6.39. The highest BCUT2D eigenvalue weighted by Gasteiger charge is 2.12. The van der Waals surface area contributed by atoms with Gasteiger partial charge in [-0.2, -0.15) is 0 Å². The molecule has 0 radical (unpaired) electrons. The van der Waals surface area contributed by atoms with Crippen LogP contribution in [0.1, 0.15) is 23.2 Å². The Labute approximate surface area is 124 Å². The molecule has 2 atom stereocenters. The Kier molecular flexibility index (Phi) is 4.72. The van der Waals surface area contributed by atoms with E-state index in [0.29, 0.717) is 23.5 Å². The van der Waals surface area contributed by atoms with Gasteiger partial charge in [0.15, 0.2) is 0 Å². The predicted octanol–water partition coefficient (Wildman–Crippen LogP) is 1.46. The molecule has 0 aliphatic heterocycles. The monoisotopic (exact) mass is 313 g/mol. The third-order valence-electron chi connectivity index (χ3n) is 3.19. The van der Waals surface area contributed by atoms with E-state index in [2.05, 4.69) is 15.3 Å². The highest BCUT2D eigenvalue weighted by molar-refractivity contribution is 7.84. The maximum absolute atomic E-state index is 12.1. The summed E-state index contributed by atoms with van der Waals surface area (Å²) < 4.78 is 11.1. The van der Waals surface area contributed by atoms with Crippen LogP contribution in [0.15, 0.2) is 4.79 Å². The molecule has 0 amide bonds. The van der Waals surface area contributed by atoms with Gasteiger partial charge in [0.2, 0.25) is 0 Å². The van der Waals surface area contributed by atoms with Gasteiger partial charge in [-0.3, -0.25) is 9.00 Å². The molecule has 20 heavy (non-hydrogen) atoms. The lowest BCUT2D eigenvalue weighted by atomic mass is 10.2. The van der Waals surface area contributed by atoms with E-state index < -0.39 is 10.8 Å². The van der Waals surface area contributed by atoms with Crippen molar-refractivity contribution in [3.8, 4) is 0 Å². The summed E-state index contributed by atoms with van der Waals surface area (Å²) in [5.74, 6) is 1.21. The molecule has 0 fully saturated rings. The Morgan fingerprint density at radius 3 is 2.80 bits per heavy atom. The third kappa shape index (κ3) is 3.34. The Morgan fingerprint density at radius 1 is 1.45 bits per heavy atom. The van der Waals surface area contributed by atoms with E-state index in [-0.39, 0.29) is 11.6 Å². The number of H-pyrrole nitrogens is 1. The molecule has 2 aromatic rings. The zero-order chi connectivity index (χ0) is 14.9. The van der Waals surface area contributed by atoms with E-state index in [4.69, 9.17) is 0 Å². The molecule has 0 aliphatic rings. The second-order valence-electron chi connectivity index (χ2n) is 5.00. The number of nitrogens with one attached hydrogen (secondary N) is 2. The number of fused-ring (bicyclic) bond motifs is 1. The van der Waals surface area contributed by atoms with Crippen molar-refractivity contribution in [3.63, 3.8) is 0 Å². The molecule has 0 aliphatic carbocycles. The Balaban J connectivity index is 2.20. The molecule has 0 saturated carbocycles. The van der Waals surface area contributed by atoms with Crippen LogP contribution in [0.25, 0.3) is 10.2 Å². The lowest BCUT2D eigenvalue weighted by Crippen LogP contribution is -2.31. The van der Waals surface area contributed by atoms with Crippen molar-refractivity contribution in [2.75, 3.05) is 12.0 Å². The van der Waals surface area contributed by atoms with Gasteiger partial charge in [0.1, 0.15) is 10.7 Å². The first kappa shape index (κ1) is 15.3. The normalized spacial score (nSPS) is 14.6. The van der Waals surface area contributed by atoms with Gasteiger partial charge in [0.25, 0.3) is 5.56 Å². The van der Waals surface area contributed by atoms with Crippen LogP contribution in [-0.4, -0.2) is 32.2 Å². The number of thiophene rings is 1. The molecule has 0 aromatic carbocycles. The van der Waals surface area contributed by atoms with Gasteiger partial charge < -0.3 is 10.3 Å². The quantitative estimate of drug-likeness (QED) is 0.876. The first-order valence-corrected chi connectivity index (χ1v) is 8.95. The highest BCUT2D eigenvalue weighted by Crippen LogP contribution is 2.25. The van der Waals surface area contributed by atoms with Crippen LogP contribution >= 0.6 is 11.3 Å². The van der Waals surface area contributed by atoms with Gasteiger partial charge in [-0.05, 0) is 26.3 Å². The highest BCUT2D eigenvalue weighted by atomic mass is 32.2. The molecule has 7 heteroatoms. The predicted molar refractivity (Wildman–Crippen MR) is 84.9 cm³/mol. The van der Waals surface area contributed by atoms with E-state index in [0.717, 1.165) is 15.3 Å². The number of nitrogens with zero attached hydrogens (tertiary/aromatic N) is 1. The van der Waals surface area contributed by atoms with Gasteiger partial charge in [-0.25, -0.2) is 4.98 Å². The Morgan fingerprint density at radius 2 is 2.15 bits per heavy atom. The van der Waals surface area contributed by atoms with Crippen LogP contribution in [0.5, 0.6) is 0 Å². The van der Waals surface area contributed by atoms with Crippen molar-refractivity contribution < 1.29 is 4.21 Å². The van der Waals surface area contributed by atoms with E-state index in [1.54, 1.807) is 17.6 Å². The largest absolute Gasteiger partial charge is 0.309 e. The van der Waals surface area contributed by atoms with Gasteiger partial charge >= 0.3 is 0 Å². The van der Waals surface area contributed by atoms with Crippen molar-refractivity contribution >= 4 is 32.4 Å². The zero-order valence-corrected chi connectivity index (χ0v) is 13.7. The average molecular weight is 313 g/mol. The lowest BCUT2D eigenvalue weighted by molar-refractivity contribution is 0.572. The first-order valence-electron chi connectivity index (χ1n) is 6.40. The fourth-order valence-electron chi connectivity index (χ4n) is 2.06. The zero-order valence-electron chi connectivity index (χ0n) is 12.1. The maximum atomic E-state index is 12.1. The second-order valence-corrected chi connectivity index (χ2v) is 7.68. The summed E-state index contributed by atoms with van der Waals surface area (Å²) in [5, 5.41) is 3.92. The van der Waals surface area contributed by atoms with Crippen molar-refractivity contribution in [2.24, 2.45) is 0 Å². The van der Waals surface area contributed by atoms with Crippen LogP contribution in [-0.2, 0) is 17.3 Å². The molecule has 0 bridgehead atoms. The van der Waals surface area contributed by atoms with Crippen molar-refractivity contribution in [3.05, 3.63) is 26.6 Å². The van der Waals surface area contributed by atoms with Gasteiger partial charge in [-0.15, -0.1) is 11.3 Å². The van der Waals surface area contributed by atoms with Gasteiger partial charge in [0.05, 0.1) is 11.9 Å². The molecule has 2 rings (SSSR count). The molecule has 2 heterocycles. The van der Waals surface area contributed by atoms with Crippen LogP contribution in [0.2, 0.25) is 0 Å². The molecule has 2 unspecified atom stereocenters. The molecule has 0 spiro atoms. The standard InChI is InChI=1S/C13H19N3O2S2/c1-7(6-20(4)18)14-5-10-15-12(17)11-8(2)9(3)19-13(11)16-10/h7,14H,5-6H2,1-4H3,(H,15,16,17). The number of hydrogen-bond acceptors (Lipinski definition) is 5. The Hall–Kier alpha value is -1.05. The maximum Gasteiger partial charge on any atom is 0.259 e. The summed E-state index contributed by atoms with van der Waals surface area (Å²) in [6, 6.07) is 0.119. The minimum atomic E-state index is -0.833. The number of aryl methyl sites for hydroxylation is 2. The molecule has 110 valence electrons. The minimum Gasteiger partial charge on any atom is -0.309 e. The van der Waals surface area contributed by atoms with E-state index in [9.17, 15) is 9.00 Å². The number of aromatic amines is 1. The third-order valence-corrected chi connectivity index (χ3v) is 5.26. The molecule has 2 N–H and O–H groups in total. The molecular formula is C13H19N3O2S2. The topological polar surface area (TPSA) is 74.8 Å². The van der Waals surface area contributed by atoms with Crippen LogP contribution in [0, 0.1) is 13.8 Å². The fraction of sp³-hybridized carbons (Fsp3) is 0.538. The summed E-state index contributed by atoms with van der Waals surface area (Å²) in [4.78, 5) is 21.3. The molecule has 5 nitrogen and oxygen atoms in total. The van der Waals surface area contributed by atoms with Gasteiger partial charge in [0, 0.05) is 33.7 Å². The summed E-state index contributed by atoms with van der Waals surface area (Å²) in [7, 11) is -0.833. The van der Waals surface area contributed by atoms with Crippen molar-refractivity contribution in [1.29, 1.82) is 0 Å². The molecule has 2 aromatic heterocycles. The smallest absolute Gasteiger partial charge is 0.259 e. The molecular weight excluding hydrogens is 294 g/mol. The summed E-state index contributed by atoms with van der Waals surface area (Å²) >= 11 is 1.54. The number of rotatable bonds is 5. The molecule has 0 saturated heterocycles. The van der Waals surface area contributed by atoms with E-state index in [1.807, 2.05) is 20.8 Å². The van der Waals surface area contributed by atoms with E-state index in [1.165, 1.54) is 0 Å². The first-order chi connectivity index (χ1) is 9.38. The lowest BCUT2D eigenvalue weighted by Gasteiger charge is -2.11. The number of hydrogen-bond donors (Lipinski definition) is 2. The summed E-state index contributed by atoms with van der Waals surface area (Å²) in [6.07, 6.45) is 1.68. The fourth-order valence-corrected chi connectivity index (χ4v) is 3.94. The Bertz CT molecular complexity index is 705. The van der Waals surface area contributed by atoms with Crippen LogP contribution in [0.3, 0.4) is 0 Å². The second kappa shape index (κ2) is 6.15. The van der Waals surface area contributed by atoms with E-state index >= 15 is 0 Å².